The van der Waals surface area contributed by atoms with Crippen molar-refractivity contribution in [2.24, 2.45) is 5.92 Å². The molecule has 0 saturated heterocycles. The van der Waals surface area contributed by atoms with Gasteiger partial charge in [-0.3, -0.25) is 15.6 Å². The number of carbonyl (C=O) groups is 1. The monoisotopic (exact) mass is 397 g/mol. The number of carbonyl (C=O) groups excluding carboxylic acids is 1. The molecule has 6 nitrogen and oxygen atoms in total. The number of halogens is 1. The Hall–Kier alpha value is -1.99. The van der Waals surface area contributed by atoms with Crippen molar-refractivity contribution in [3.63, 3.8) is 0 Å². The second-order valence-corrected chi connectivity index (χ2v) is 7.08. The number of ether oxygens (including phenoxy) is 2. The van der Waals surface area contributed by atoms with Crippen molar-refractivity contribution < 1.29 is 14.3 Å². The van der Waals surface area contributed by atoms with Crippen LogP contribution in [0, 0.1) is 5.92 Å². The third-order valence-electron chi connectivity index (χ3n) is 3.56. The first-order valence-electron chi connectivity index (χ1n) is 8.56. The summed E-state index contributed by atoms with van der Waals surface area (Å²) < 4.78 is 11.2. The van der Waals surface area contributed by atoms with E-state index in [-0.39, 0.29) is 5.91 Å². The third kappa shape index (κ3) is 6.72. The zero-order valence-electron chi connectivity index (χ0n) is 14.9. The Morgan fingerprint density at radius 3 is 2.85 bits per heavy atom. The average Bonchev–Trinajstić information content (AvgIpc) is 2.83. The van der Waals surface area contributed by atoms with E-state index in [9.17, 15) is 4.79 Å². The van der Waals surface area contributed by atoms with Gasteiger partial charge in [0.25, 0.3) is 5.91 Å². The van der Waals surface area contributed by atoms with Gasteiger partial charge in [-0.15, -0.1) is 0 Å². The lowest BCUT2D eigenvalue weighted by atomic mass is 10.1. The molecule has 0 fully saturated rings. The molecule has 1 amide bonds. The number of rotatable bonds is 5. The molecule has 8 heteroatoms. The van der Waals surface area contributed by atoms with Gasteiger partial charge in [0, 0.05) is 19.0 Å². The minimum absolute atomic E-state index is 0.332. The maximum atomic E-state index is 11.9. The minimum atomic E-state index is -0.332. The number of hydrogen-bond acceptors (Lipinski definition) is 4. The van der Waals surface area contributed by atoms with E-state index < -0.39 is 0 Å². The fraction of sp³-hybridized carbons (Fsp3) is 0.444. The van der Waals surface area contributed by atoms with Crippen molar-refractivity contribution in [2.45, 2.75) is 26.7 Å². The summed E-state index contributed by atoms with van der Waals surface area (Å²) in [6.45, 7) is 6.17. The quantitative estimate of drug-likeness (QED) is 0.403. The van der Waals surface area contributed by atoms with Crippen LogP contribution >= 0.6 is 23.8 Å². The highest BCUT2D eigenvalue weighted by atomic mass is 35.5. The predicted octanol–water partition coefficient (Wildman–Crippen LogP) is 3.06. The molecular formula is C18H24ClN3O3S. The van der Waals surface area contributed by atoms with Crippen LogP contribution in [0.3, 0.4) is 0 Å². The molecule has 0 atom stereocenters. The summed E-state index contributed by atoms with van der Waals surface area (Å²) in [6, 6.07) is 3.52. The molecule has 26 heavy (non-hydrogen) atoms. The number of hydrazine groups is 1. The molecule has 0 unspecified atom stereocenters. The average molecular weight is 398 g/mol. The third-order valence-corrected chi connectivity index (χ3v) is 4.09. The lowest BCUT2D eigenvalue weighted by Crippen LogP contribution is -2.46. The van der Waals surface area contributed by atoms with Crippen LogP contribution in [-0.4, -0.2) is 30.8 Å². The Balaban J connectivity index is 1.85. The lowest BCUT2D eigenvalue weighted by molar-refractivity contribution is -0.116. The van der Waals surface area contributed by atoms with E-state index in [4.69, 9.17) is 33.3 Å². The van der Waals surface area contributed by atoms with Crippen LogP contribution in [-0.2, 0) is 4.79 Å². The van der Waals surface area contributed by atoms with Gasteiger partial charge >= 0.3 is 0 Å². The summed E-state index contributed by atoms with van der Waals surface area (Å²) in [4.78, 5) is 11.9. The smallest absolute Gasteiger partial charge is 0.262 e. The van der Waals surface area contributed by atoms with Crippen LogP contribution < -0.4 is 25.6 Å². The van der Waals surface area contributed by atoms with Crippen molar-refractivity contribution in [2.75, 3.05) is 19.8 Å². The molecule has 0 bridgehead atoms. The van der Waals surface area contributed by atoms with Crippen LogP contribution in [0.5, 0.6) is 11.5 Å². The molecule has 0 aromatic heterocycles. The normalized spacial score (nSPS) is 13.4. The molecule has 0 radical (unpaired) electrons. The highest BCUT2D eigenvalue weighted by Gasteiger charge is 2.14. The van der Waals surface area contributed by atoms with Crippen molar-refractivity contribution >= 4 is 40.9 Å². The van der Waals surface area contributed by atoms with Crippen molar-refractivity contribution in [3.05, 3.63) is 28.8 Å². The van der Waals surface area contributed by atoms with Gasteiger partial charge in [-0.1, -0.05) is 25.4 Å². The molecule has 2 rings (SSSR count). The first-order chi connectivity index (χ1) is 12.5. The summed E-state index contributed by atoms with van der Waals surface area (Å²) in [5, 5.41) is 3.86. The molecule has 1 aromatic carbocycles. The molecule has 1 aliphatic heterocycles. The number of amides is 1. The molecular weight excluding hydrogens is 374 g/mol. The SMILES string of the molecule is CC(C)CCNC(=S)NNC(=O)/C=C/c1cc(Cl)c2c(c1)OCCCO2. The predicted molar refractivity (Wildman–Crippen MR) is 107 cm³/mol. The van der Waals surface area contributed by atoms with Crippen LogP contribution in [0.1, 0.15) is 32.3 Å². The topological polar surface area (TPSA) is 71.6 Å². The van der Waals surface area contributed by atoms with E-state index in [1.165, 1.54) is 6.08 Å². The van der Waals surface area contributed by atoms with E-state index in [1.807, 2.05) is 0 Å². The van der Waals surface area contributed by atoms with Crippen molar-refractivity contribution in [3.8, 4) is 11.5 Å². The zero-order valence-corrected chi connectivity index (χ0v) is 16.5. The van der Waals surface area contributed by atoms with E-state index >= 15 is 0 Å². The van der Waals surface area contributed by atoms with Crippen LogP contribution in [0.25, 0.3) is 6.08 Å². The number of nitrogens with one attached hydrogen (secondary N) is 3. The standard InChI is InChI=1S/C18H24ClN3O3S/c1-12(2)6-7-20-18(26)22-21-16(23)5-4-13-10-14(19)17-15(11-13)24-8-3-9-25-17/h4-5,10-12H,3,6-9H2,1-2H3,(H,21,23)(H2,20,22,26)/b5-4+. The lowest BCUT2D eigenvalue weighted by Gasteiger charge is -2.11. The van der Waals surface area contributed by atoms with Crippen molar-refractivity contribution in [1.29, 1.82) is 0 Å². The van der Waals surface area contributed by atoms with E-state index in [1.54, 1.807) is 18.2 Å². The highest BCUT2D eigenvalue weighted by molar-refractivity contribution is 7.80. The van der Waals surface area contributed by atoms with Gasteiger partial charge in [0.1, 0.15) is 0 Å². The number of fused-ring (bicyclic) bond motifs is 1. The molecule has 0 spiro atoms. The summed E-state index contributed by atoms with van der Waals surface area (Å²) in [5.74, 6) is 1.39. The maximum Gasteiger partial charge on any atom is 0.262 e. The molecule has 1 heterocycles. The van der Waals surface area contributed by atoms with Crippen LogP contribution in [0.2, 0.25) is 5.02 Å². The summed E-state index contributed by atoms with van der Waals surface area (Å²) in [7, 11) is 0. The second-order valence-electron chi connectivity index (χ2n) is 6.27. The fourth-order valence-electron chi connectivity index (χ4n) is 2.20. The molecule has 1 aliphatic rings. The van der Waals surface area contributed by atoms with E-state index in [0.29, 0.717) is 40.8 Å². The van der Waals surface area contributed by atoms with Crippen LogP contribution in [0.4, 0.5) is 0 Å². The maximum absolute atomic E-state index is 11.9. The number of hydrogen-bond donors (Lipinski definition) is 3. The van der Waals surface area contributed by atoms with Gasteiger partial charge in [0.05, 0.1) is 18.2 Å². The Bertz CT molecular complexity index is 680. The van der Waals surface area contributed by atoms with Crippen molar-refractivity contribution in [1.82, 2.24) is 16.2 Å². The first kappa shape index (κ1) is 20.3. The van der Waals surface area contributed by atoms with Gasteiger partial charge in [-0.2, -0.15) is 0 Å². The largest absolute Gasteiger partial charge is 0.489 e. The molecule has 0 saturated carbocycles. The highest BCUT2D eigenvalue weighted by Crippen LogP contribution is 2.38. The minimum Gasteiger partial charge on any atom is -0.489 e. The molecule has 0 aliphatic carbocycles. The Morgan fingerprint density at radius 1 is 1.31 bits per heavy atom. The second kappa shape index (κ2) is 10.2. The summed E-state index contributed by atoms with van der Waals surface area (Å²) in [5.41, 5.74) is 5.91. The van der Waals surface area contributed by atoms with E-state index in [2.05, 4.69) is 30.0 Å². The summed E-state index contributed by atoms with van der Waals surface area (Å²) in [6.07, 6.45) is 4.84. The van der Waals surface area contributed by atoms with Gasteiger partial charge < -0.3 is 14.8 Å². The van der Waals surface area contributed by atoms with Gasteiger partial charge in [0.15, 0.2) is 16.6 Å². The molecule has 142 valence electrons. The van der Waals surface area contributed by atoms with Gasteiger partial charge in [-0.25, -0.2) is 0 Å². The number of thiocarbonyl (C=S) groups is 1. The van der Waals surface area contributed by atoms with E-state index in [0.717, 1.165) is 24.9 Å². The molecule has 1 aromatic rings. The van der Waals surface area contributed by atoms with Gasteiger partial charge in [0.2, 0.25) is 0 Å². The first-order valence-corrected chi connectivity index (χ1v) is 9.35. The van der Waals surface area contributed by atoms with Crippen LogP contribution in [0.15, 0.2) is 18.2 Å². The van der Waals surface area contributed by atoms with Gasteiger partial charge in [-0.05, 0) is 48.3 Å². The molecule has 3 N–H and O–H groups in total. The fourth-order valence-corrected chi connectivity index (χ4v) is 2.62. The zero-order chi connectivity index (χ0) is 18.9. The Kier molecular flexibility index (Phi) is 8.00. The number of benzene rings is 1. The Labute approximate surface area is 164 Å². The Morgan fingerprint density at radius 2 is 2.08 bits per heavy atom. The summed E-state index contributed by atoms with van der Waals surface area (Å²) >= 11 is 11.3.